The van der Waals surface area contributed by atoms with Gasteiger partial charge in [0.25, 0.3) is 10.0 Å². The minimum atomic E-state index is -4.17. The number of hydrogen-bond acceptors (Lipinski definition) is 4. The molecule has 0 saturated carbocycles. The number of para-hydroxylation sites is 1. The first-order chi connectivity index (χ1) is 14.4. The van der Waals surface area contributed by atoms with E-state index in [1.54, 1.807) is 30.3 Å². The lowest BCUT2D eigenvalue weighted by Crippen LogP contribution is -2.39. The van der Waals surface area contributed by atoms with Gasteiger partial charge in [0, 0.05) is 16.2 Å². The summed E-state index contributed by atoms with van der Waals surface area (Å²) in [6.45, 7) is 0.0669. The van der Waals surface area contributed by atoms with Gasteiger partial charge in [0.2, 0.25) is 5.78 Å². The van der Waals surface area contributed by atoms with Crippen molar-refractivity contribution >= 4 is 43.1 Å². The molecule has 0 fully saturated rings. The number of hydrogen-bond donors (Lipinski definition) is 1. The summed E-state index contributed by atoms with van der Waals surface area (Å²) in [6, 6.07) is 20.0. The molecule has 0 spiro atoms. The molecule has 3 aromatic rings. The number of carbonyl (C=O) groups is 1. The van der Waals surface area contributed by atoms with Gasteiger partial charge in [0.15, 0.2) is 4.91 Å². The second kappa shape index (κ2) is 8.04. The zero-order valence-corrected chi connectivity index (χ0v) is 18.0. The van der Waals surface area contributed by atoms with E-state index in [-0.39, 0.29) is 17.8 Å². The van der Waals surface area contributed by atoms with Gasteiger partial charge in [0.05, 0.1) is 17.9 Å². The number of carbonyl (C=O) groups excluding carboxylic acids is 1. The van der Waals surface area contributed by atoms with Gasteiger partial charge in [-0.15, -0.1) is 0 Å². The summed E-state index contributed by atoms with van der Waals surface area (Å²) < 4.78 is 42.6. The number of Topliss-reactive ketones (excluding diaryl/α,β-unsaturated/α-hetero) is 1. The highest BCUT2D eigenvalue weighted by Gasteiger charge is 2.40. The number of nitrogens with zero attached hydrogens (tertiary/aromatic N) is 1. The molecular weight excluding hydrogens is 471 g/mol. The van der Waals surface area contributed by atoms with Crippen molar-refractivity contribution in [2.45, 2.75) is 6.54 Å². The third-order valence-electron chi connectivity index (χ3n) is 4.67. The quantitative estimate of drug-likeness (QED) is 0.522. The van der Waals surface area contributed by atoms with Gasteiger partial charge in [-0.25, -0.2) is 12.8 Å². The van der Waals surface area contributed by atoms with E-state index < -0.39 is 26.5 Å². The molecule has 8 heteroatoms. The highest BCUT2D eigenvalue weighted by molar-refractivity contribution is 9.10. The van der Waals surface area contributed by atoms with Crippen molar-refractivity contribution in [1.29, 1.82) is 0 Å². The summed E-state index contributed by atoms with van der Waals surface area (Å²) in [5.41, 5.74) is 1.42. The standard InChI is InChI=1S/C22H16BrFN2O3S/c23-16-10-11-19(18(24)12-16)25-13-21-22(27)17-8-4-5-9-20(17)26(30(21,28)29)14-15-6-2-1-3-7-15/h1-13,25H,14H2. The molecule has 1 aliphatic heterocycles. The normalized spacial score (nSPS) is 16.4. The van der Waals surface area contributed by atoms with E-state index in [4.69, 9.17) is 0 Å². The minimum Gasteiger partial charge on any atom is -0.358 e. The van der Waals surface area contributed by atoms with Crippen molar-refractivity contribution in [3.05, 3.63) is 105 Å². The fraction of sp³-hybridized carbons (Fsp3) is 0.0455. The molecule has 152 valence electrons. The van der Waals surface area contributed by atoms with Gasteiger partial charge in [-0.2, -0.15) is 0 Å². The summed E-state index contributed by atoms with van der Waals surface area (Å²) in [5.74, 6) is -1.22. The van der Waals surface area contributed by atoms with Crippen molar-refractivity contribution in [1.82, 2.24) is 0 Å². The van der Waals surface area contributed by atoms with Crippen molar-refractivity contribution in [3.63, 3.8) is 0 Å². The van der Waals surface area contributed by atoms with E-state index in [9.17, 15) is 17.6 Å². The Morgan fingerprint density at radius 3 is 2.43 bits per heavy atom. The van der Waals surface area contributed by atoms with Crippen molar-refractivity contribution < 1.29 is 17.6 Å². The van der Waals surface area contributed by atoms with E-state index in [0.717, 1.165) is 11.8 Å². The van der Waals surface area contributed by atoms with Crippen LogP contribution in [-0.2, 0) is 16.6 Å². The molecule has 1 aliphatic rings. The summed E-state index contributed by atoms with van der Waals surface area (Å²) >= 11 is 3.17. The topological polar surface area (TPSA) is 66.5 Å². The molecule has 3 aromatic carbocycles. The SMILES string of the molecule is O=C1C(=CNc2ccc(Br)cc2F)S(=O)(=O)N(Cc2ccccc2)c2ccccc21. The van der Waals surface area contributed by atoms with Gasteiger partial charge < -0.3 is 5.32 Å². The molecule has 1 N–H and O–H groups in total. The van der Waals surface area contributed by atoms with Crippen LogP contribution in [0.4, 0.5) is 15.8 Å². The molecule has 4 rings (SSSR count). The van der Waals surface area contributed by atoms with Gasteiger partial charge in [-0.3, -0.25) is 9.10 Å². The summed E-state index contributed by atoms with van der Waals surface area (Å²) in [5, 5.41) is 2.63. The molecule has 0 unspecified atom stereocenters. The first-order valence-electron chi connectivity index (χ1n) is 9.00. The molecule has 0 aromatic heterocycles. The predicted molar refractivity (Wildman–Crippen MR) is 118 cm³/mol. The van der Waals surface area contributed by atoms with Crippen LogP contribution in [-0.4, -0.2) is 14.2 Å². The Balaban J connectivity index is 1.78. The first-order valence-corrected chi connectivity index (χ1v) is 11.2. The minimum absolute atomic E-state index is 0.0576. The number of nitrogens with one attached hydrogen (secondary N) is 1. The van der Waals surface area contributed by atoms with Crippen LogP contribution < -0.4 is 9.62 Å². The zero-order chi connectivity index (χ0) is 21.3. The molecule has 0 aliphatic carbocycles. The number of benzene rings is 3. The lowest BCUT2D eigenvalue weighted by atomic mass is 10.1. The summed E-state index contributed by atoms with van der Waals surface area (Å²) in [4.78, 5) is 12.5. The molecule has 0 radical (unpaired) electrons. The Morgan fingerprint density at radius 1 is 1.00 bits per heavy atom. The van der Waals surface area contributed by atoms with E-state index in [1.807, 2.05) is 30.3 Å². The van der Waals surface area contributed by atoms with Gasteiger partial charge in [-0.05, 0) is 35.9 Å². The Bertz CT molecular complexity index is 1260. The van der Waals surface area contributed by atoms with E-state index >= 15 is 0 Å². The predicted octanol–water partition coefficient (Wildman–Crippen LogP) is 5.07. The van der Waals surface area contributed by atoms with Gasteiger partial charge >= 0.3 is 0 Å². The number of ketones is 1. The largest absolute Gasteiger partial charge is 0.358 e. The summed E-state index contributed by atoms with van der Waals surface area (Å²) in [6.07, 6.45) is 1.05. The number of fused-ring (bicyclic) bond motifs is 1. The first kappa shape index (κ1) is 20.3. The van der Waals surface area contributed by atoms with Crippen LogP contribution in [0, 0.1) is 5.82 Å². The van der Waals surface area contributed by atoms with Crippen LogP contribution in [0.5, 0.6) is 0 Å². The van der Waals surface area contributed by atoms with Crippen molar-refractivity contribution in [2.75, 3.05) is 9.62 Å². The van der Waals surface area contributed by atoms with E-state index in [0.29, 0.717) is 10.2 Å². The molecular formula is C22H16BrFN2O3S. The van der Waals surface area contributed by atoms with Crippen LogP contribution in [0.2, 0.25) is 0 Å². The molecule has 0 saturated heterocycles. The van der Waals surface area contributed by atoms with Crippen LogP contribution in [0.1, 0.15) is 15.9 Å². The number of sulfonamides is 1. The van der Waals surface area contributed by atoms with Gasteiger partial charge in [0.1, 0.15) is 5.82 Å². The smallest absolute Gasteiger partial charge is 0.270 e. The maximum atomic E-state index is 14.1. The number of rotatable bonds is 4. The Hall–Kier alpha value is -2.97. The number of anilines is 2. The fourth-order valence-corrected chi connectivity index (χ4v) is 5.05. The van der Waals surface area contributed by atoms with Crippen molar-refractivity contribution in [3.8, 4) is 0 Å². The summed E-state index contributed by atoms with van der Waals surface area (Å²) in [7, 11) is -4.17. The highest BCUT2D eigenvalue weighted by Crippen LogP contribution is 2.36. The Labute approximate surface area is 182 Å². The molecule has 5 nitrogen and oxygen atoms in total. The van der Waals surface area contributed by atoms with Gasteiger partial charge in [-0.1, -0.05) is 58.4 Å². The van der Waals surface area contributed by atoms with E-state index in [2.05, 4.69) is 21.2 Å². The number of allylic oxidation sites excluding steroid dienone is 1. The monoisotopic (exact) mass is 486 g/mol. The Morgan fingerprint density at radius 2 is 1.70 bits per heavy atom. The molecule has 1 heterocycles. The third kappa shape index (κ3) is 3.76. The second-order valence-electron chi connectivity index (χ2n) is 6.62. The van der Waals surface area contributed by atoms with Crippen molar-refractivity contribution in [2.24, 2.45) is 0 Å². The average molecular weight is 487 g/mol. The maximum absolute atomic E-state index is 14.1. The van der Waals surface area contributed by atoms with Crippen LogP contribution >= 0.6 is 15.9 Å². The zero-order valence-electron chi connectivity index (χ0n) is 15.5. The molecule has 0 bridgehead atoms. The van der Waals surface area contributed by atoms with Crippen LogP contribution in [0.3, 0.4) is 0 Å². The van der Waals surface area contributed by atoms with E-state index in [1.165, 1.54) is 16.4 Å². The highest BCUT2D eigenvalue weighted by atomic mass is 79.9. The molecule has 0 atom stereocenters. The third-order valence-corrected chi connectivity index (χ3v) is 6.93. The lowest BCUT2D eigenvalue weighted by Gasteiger charge is -2.31. The average Bonchev–Trinajstić information content (AvgIpc) is 2.73. The maximum Gasteiger partial charge on any atom is 0.270 e. The second-order valence-corrected chi connectivity index (χ2v) is 9.37. The lowest BCUT2D eigenvalue weighted by molar-refractivity contribution is 0.104. The molecule has 30 heavy (non-hydrogen) atoms. The van der Waals surface area contributed by atoms with Crippen LogP contribution in [0.15, 0.2) is 88.4 Å². The fourth-order valence-electron chi connectivity index (χ4n) is 3.19. The molecule has 0 amide bonds. The number of halogens is 2. The van der Waals surface area contributed by atoms with Crippen LogP contribution in [0.25, 0.3) is 0 Å². The Kier molecular flexibility index (Phi) is 5.44.